The van der Waals surface area contributed by atoms with Crippen LogP contribution in [-0.4, -0.2) is 44.3 Å². The second kappa shape index (κ2) is 13.8. The molecule has 4 aromatic rings. The van der Waals surface area contributed by atoms with Gasteiger partial charge in [0.25, 0.3) is 0 Å². The lowest BCUT2D eigenvalue weighted by Crippen LogP contribution is -2.34. The number of nitrogens with one attached hydrogen (secondary N) is 2. The Morgan fingerprint density at radius 1 is 1.00 bits per heavy atom. The summed E-state index contributed by atoms with van der Waals surface area (Å²) >= 11 is 1.61. The predicted molar refractivity (Wildman–Crippen MR) is 158 cm³/mol. The predicted octanol–water partition coefficient (Wildman–Crippen LogP) is 5.13. The lowest BCUT2D eigenvalue weighted by Gasteiger charge is -2.36. The molecule has 2 amide bonds. The minimum absolute atomic E-state index is 0.00446. The van der Waals surface area contributed by atoms with Crippen molar-refractivity contribution in [3.63, 3.8) is 0 Å². The van der Waals surface area contributed by atoms with Gasteiger partial charge in [0.05, 0.1) is 18.8 Å². The highest BCUT2D eigenvalue weighted by atomic mass is 32.2. The molecule has 5 rings (SSSR count). The van der Waals surface area contributed by atoms with E-state index in [-0.39, 0.29) is 24.8 Å². The average Bonchev–Trinajstić information content (AvgIpc) is 3.43. The van der Waals surface area contributed by atoms with Crippen molar-refractivity contribution in [3.05, 3.63) is 101 Å². The molecule has 2 heterocycles. The van der Waals surface area contributed by atoms with Crippen LogP contribution in [0.3, 0.4) is 0 Å². The number of amides is 2. The van der Waals surface area contributed by atoms with Crippen LogP contribution in [0.4, 0.5) is 4.79 Å². The lowest BCUT2D eigenvalue weighted by molar-refractivity contribution is -0.245. The summed E-state index contributed by atoms with van der Waals surface area (Å²) in [6, 6.07) is 24.1. The number of nitrogens with zero attached hydrogens (tertiary/aromatic N) is 3. The molecule has 1 aliphatic rings. The van der Waals surface area contributed by atoms with Crippen LogP contribution in [0.1, 0.15) is 48.0 Å². The molecular formula is C31H35N5O4S. The number of carbonyl (C=O) groups excluding carboxylic acids is 1. The second-order valence-corrected chi connectivity index (χ2v) is 10.9. The number of hydrogen-bond acceptors (Lipinski definition) is 7. The summed E-state index contributed by atoms with van der Waals surface area (Å²) in [5.41, 5.74) is 5.93. The molecule has 1 aliphatic heterocycles. The van der Waals surface area contributed by atoms with Crippen molar-refractivity contribution in [3.8, 4) is 11.1 Å². The highest BCUT2D eigenvalue weighted by Gasteiger charge is 2.32. The van der Waals surface area contributed by atoms with Crippen LogP contribution in [-0.2, 0) is 29.7 Å². The normalized spacial score (nSPS) is 18.7. The van der Waals surface area contributed by atoms with E-state index in [2.05, 4.69) is 45.1 Å². The van der Waals surface area contributed by atoms with Crippen molar-refractivity contribution in [1.29, 1.82) is 0 Å². The Balaban J connectivity index is 1.36. The number of aliphatic hydroxyl groups excluding tert-OH is 1. The summed E-state index contributed by atoms with van der Waals surface area (Å²) in [5, 5.41) is 24.1. The monoisotopic (exact) mass is 573 g/mol. The van der Waals surface area contributed by atoms with Gasteiger partial charge in [0, 0.05) is 37.9 Å². The molecule has 214 valence electrons. The number of ether oxygens (including phenoxy) is 2. The molecule has 1 aromatic heterocycles. The number of aromatic nitrogens is 3. The molecule has 0 spiro atoms. The summed E-state index contributed by atoms with van der Waals surface area (Å²) in [6.45, 7) is 2.92. The van der Waals surface area contributed by atoms with Crippen molar-refractivity contribution in [1.82, 2.24) is 25.4 Å². The Kier molecular flexibility index (Phi) is 9.68. The van der Waals surface area contributed by atoms with Gasteiger partial charge in [0.1, 0.15) is 6.33 Å². The molecular weight excluding hydrogens is 538 g/mol. The molecule has 1 saturated heterocycles. The Morgan fingerprint density at radius 3 is 2.51 bits per heavy atom. The molecule has 3 unspecified atom stereocenters. The number of hydrogen-bond donors (Lipinski definition) is 3. The maximum atomic E-state index is 11.8. The fourth-order valence-electron chi connectivity index (χ4n) is 4.72. The van der Waals surface area contributed by atoms with Crippen LogP contribution in [0.2, 0.25) is 0 Å². The molecule has 41 heavy (non-hydrogen) atoms. The van der Waals surface area contributed by atoms with Gasteiger partial charge >= 0.3 is 6.03 Å². The Labute approximate surface area is 244 Å². The molecule has 3 N–H and O–H groups in total. The molecule has 0 saturated carbocycles. The van der Waals surface area contributed by atoms with E-state index in [1.54, 1.807) is 18.1 Å². The minimum atomic E-state index is -0.557. The van der Waals surface area contributed by atoms with Gasteiger partial charge in [-0.2, -0.15) is 0 Å². The number of urea groups is 1. The van der Waals surface area contributed by atoms with Gasteiger partial charge in [-0.1, -0.05) is 72.4 Å². The third-order valence-corrected chi connectivity index (χ3v) is 8.06. The first-order valence-corrected chi connectivity index (χ1v) is 14.7. The zero-order chi connectivity index (χ0) is 28.6. The average molecular weight is 574 g/mol. The molecule has 1 fully saturated rings. The molecule has 0 radical (unpaired) electrons. The largest absolute Gasteiger partial charge is 0.392 e. The maximum Gasteiger partial charge on any atom is 0.315 e. The summed E-state index contributed by atoms with van der Waals surface area (Å²) in [4.78, 5) is 11.8. The number of carbonyl (C=O) groups is 1. The number of rotatable bonds is 10. The fourth-order valence-corrected chi connectivity index (χ4v) is 5.63. The number of aryl methyl sites for hydroxylation is 1. The Bertz CT molecular complexity index is 1440. The van der Waals surface area contributed by atoms with Crippen molar-refractivity contribution >= 4 is 17.8 Å². The molecule has 0 bridgehead atoms. The van der Waals surface area contributed by atoms with Gasteiger partial charge < -0.3 is 29.8 Å². The first-order chi connectivity index (χ1) is 20.0. The molecule has 0 aliphatic carbocycles. The number of benzene rings is 3. The van der Waals surface area contributed by atoms with E-state index >= 15 is 0 Å². The van der Waals surface area contributed by atoms with Crippen LogP contribution in [0, 0.1) is 0 Å². The zero-order valence-corrected chi connectivity index (χ0v) is 24.0. The summed E-state index contributed by atoms with van der Waals surface area (Å²) in [6.07, 6.45) is 1.58. The maximum absolute atomic E-state index is 11.8. The van der Waals surface area contributed by atoms with Crippen molar-refractivity contribution in [2.45, 2.75) is 50.2 Å². The van der Waals surface area contributed by atoms with Gasteiger partial charge in [-0.15, -0.1) is 10.2 Å². The van der Waals surface area contributed by atoms with Crippen LogP contribution in [0.5, 0.6) is 0 Å². The highest BCUT2D eigenvalue weighted by Crippen LogP contribution is 2.40. The van der Waals surface area contributed by atoms with Crippen LogP contribution >= 0.6 is 11.8 Å². The second-order valence-electron chi connectivity index (χ2n) is 9.92. The molecule has 3 atom stereocenters. The van der Waals surface area contributed by atoms with E-state index < -0.39 is 6.29 Å². The van der Waals surface area contributed by atoms with Gasteiger partial charge in [-0.05, 0) is 46.9 Å². The van der Waals surface area contributed by atoms with Gasteiger partial charge in [0.15, 0.2) is 11.4 Å². The highest BCUT2D eigenvalue weighted by molar-refractivity contribution is 7.99. The smallest absolute Gasteiger partial charge is 0.315 e. The minimum Gasteiger partial charge on any atom is -0.392 e. The first kappa shape index (κ1) is 28.8. The standard InChI is InChI=1S/C31H35N5O4S/c1-3-32-30(38)33-17-22-6-4-7-24(14-22)25-8-5-9-26(15-25)29-39-27(19-41-31-35-34-20-36(31)2)16-28(40-29)23-12-10-21(18-37)11-13-23/h4-15,20,27-29,37H,3,16-19H2,1-2H3,(H2,32,33,38). The van der Waals surface area contributed by atoms with E-state index in [1.165, 1.54) is 0 Å². The number of thioether (sulfide) groups is 1. The van der Waals surface area contributed by atoms with Crippen molar-refractivity contribution in [2.75, 3.05) is 12.3 Å². The summed E-state index contributed by atoms with van der Waals surface area (Å²) < 4.78 is 15.0. The Morgan fingerprint density at radius 2 is 1.78 bits per heavy atom. The van der Waals surface area contributed by atoms with Gasteiger partial charge in [-0.25, -0.2) is 4.79 Å². The van der Waals surface area contributed by atoms with Gasteiger partial charge in [-0.3, -0.25) is 0 Å². The molecule has 3 aromatic carbocycles. The van der Waals surface area contributed by atoms with Crippen molar-refractivity contribution in [2.24, 2.45) is 7.05 Å². The Hall–Kier alpha value is -3.70. The van der Waals surface area contributed by atoms with Crippen molar-refractivity contribution < 1.29 is 19.4 Å². The van der Waals surface area contributed by atoms with Crippen LogP contribution in [0.15, 0.2) is 84.3 Å². The SMILES string of the molecule is CCNC(=O)NCc1cccc(-c2cccc(C3OC(CSc4nncn4C)CC(c4ccc(CO)cc4)O3)c2)c1. The third-order valence-electron chi connectivity index (χ3n) is 6.89. The van der Waals surface area contributed by atoms with E-state index in [0.29, 0.717) is 25.3 Å². The van der Waals surface area contributed by atoms with Crippen LogP contribution < -0.4 is 10.6 Å². The summed E-state index contributed by atoms with van der Waals surface area (Å²) in [5.74, 6) is 0.706. The fraction of sp³-hybridized carbons (Fsp3) is 0.323. The van der Waals surface area contributed by atoms with Gasteiger partial charge in [0.2, 0.25) is 0 Å². The zero-order valence-electron chi connectivity index (χ0n) is 23.2. The quantitative estimate of drug-likeness (QED) is 0.226. The topological polar surface area (TPSA) is 111 Å². The number of aliphatic hydroxyl groups is 1. The van der Waals surface area contributed by atoms with E-state index in [9.17, 15) is 9.90 Å². The third kappa shape index (κ3) is 7.53. The lowest BCUT2D eigenvalue weighted by atomic mass is 9.99. The summed E-state index contributed by atoms with van der Waals surface area (Å²) in [7, 11) is 1.93. The van der Waals surface area contributed by atoms with E-state index in [0.717, 1.165) is 38.5 Å². The molecule has 9 nitrogen and oxygen atoms in total. The first-order valence-electron chi connectivity index (χ1n) is 13.7. The van der Waals surface area contributed by atoms with Crippen LogP contribution in [0.25, 0.3) is 11.1 Å². The van der Waals surface area contributed by atoms with E-state index in [1.807, 2.05) is 67.1 Å². The van der Waals surface area contributed by atoms with E-state index in [4.69, 9.17) is 9.47 Å². The molecule has 10 heteroatoms.